The Bertz CT molecular complexity index is 312. The van der Waals surface area contributed by atoms with Gasteiger partial charge in [0.1, 0.15) is 18.8 Å². The molecule has 0 saturated carbocycles. The van der Waals surface area contributed by atoms with Crippen LogP contribution in [0.25, 0.3) is 0 Å². The lowest BCUT2D eigenvalue weighted by Gasteiger charge is -2.10. The van der Waals surface area contributed by atoms with Crippen molar-refractivity contribution in [2.75, 3.05) is 19.0 Å². The molecule has 0 aliphatic heterocycles. The molecule has 14 heavy (non-hydrogen) atoms. The van der Waals surface area contributed by atoms with E-state index in [1.165, 1.54) is 6.33 Å². The summed E-state index contributed by atoms with van der Waals surface area (Å²) in [5.74, 6) is 1.45. The first-order chi connectivity index (χ1) is 6.83. The number of anilines is 1. The fourth-order valence-electron chi connectivity index (χ4n) is 1.19. The third kappa shape index (κ3) is 2.22. The van der Waals surface area contributed by atoms with Crippen LogP contribution in [0.2, 0.25) is 0 Å². The summed E-state index contributed by atoms with van der Waals surface area (Å²) in [6.07, 6.45) is 4.02. The Hall–Kier alpha value is -1.58. The number of ether oxygens (including phenoxy) is 1. The van der Waals surface area contributed by atoms with Gasteiger partial charge in [0.05, 0.1) is 5.56 Å². The van der Waals surface area contributed by atoms with Gasteiger partial charge in [0.2, 0.25) is 5.88 Å². The van der Waals surface area contributed by atoms with E-state index in [0.29, 0.717) is 12.5 Å². The summed E-state index contributed by atoms with van der Waals surface area (Å²) in [5.41, 5.74) is 0.997. The Balaban J connectivity index is 2.95. The second kappa shape index (κ2) is 5.21. The summed E-state index contributed by atoms with van der Waals surface area (Å²) in [7, 11) is 1.83. The standard InChI is InChI=1S/C10H15N3O/c1-4-6-14-10-8(5-2)9(11-3)12-7-13-10/h4,7H,1,5-6H2,2-3H3,(H,11,12,13). The van der Waals surface area contributed by atoms with Crippen molar-refractivity contribution < 1.29 is 4.74 Å². The number of aromatic nitrogens is 2. The summed E-state index contributed by atoms with van der Waals surface area (Å²) in [5, 5.41) is 3.01. The molecular weight excluding hydrogens is 178 g/mol. The fraction of sp³-hybridized carbons (Fsp3) is 0.400. The molecule has 0 aliphatic rings. The molecule has 0 amide bonds. The molecule has 1 heterocycles. The molecule has 0 radical (unpaired) electrons. The number of nitrogens with one attached hydrogen (secondary N) is 1. The lowest BCUT2D eigenvalue weighted by Crippen LogP contribution is -2.04. The van der Waals surface area contributed by atoms with Crippen molar-refractivity contribution in [3.05, 3.63) is 24.5 Å². The highest BCUT2D eigenvalue weighted by Gasteiger charge is 2.08. The van der Waals surface area contributed by atoms with Crippen LogP contribution in [0.4, 0.5) is 5.82 Å². The highest BCUT2D eigenvalue weighted by molar-refractivity contribution is 5.48. The third-order valence-corrected chi connectivity index (χ3v) is 1.83. The molecule has 4 nitrogen and oxygen atoms in total. The van der Waals surface area contributed by atoms with Gasteiger partial charge in [-0.2, -0.15) is 0 Å². The van der Waals surface area contributed by atoms with Crippen molar-refractivity contribution in [1.29, 1.82) is 0 Å². The van der Waals surface area contributed by atoms with Crippen LogP contribution < -0.4 is 10.1 Å². The number of hydrogen-bond acceptors (Lipinski definition) is 4. The van der Waals surface area contributed by atoms with Gasteiger partial charge in [0.15, 0.2) is 0 Å². The summed E-state index contributed by atoms with van der Waals surface area (Å²) in [6, 6.07) is 0. The van der Waals surface area contributed by atoms with Crippen molar-refractivity contribution in [3.8, 4) is 5.88 Å². The van der Waals surface area contributed by atoms with E-state index in [9.17, 15) is 0 Å². The first-order valence-corrected chi connectivity index (χ1v) is 4.58. The van der Waals surface area contributed by atoms with E-state index in [1.54, 1.807) is 6.08 Å². The van der Waals surface area contributed by atoms with E-state index >= 15 is 0 Å². The Morgan fingerprint density at radius 3 is 2.93 bits per heavy atom. The van der Waals surface area contributed by atoms with Gasteiger partial charge in [-0.15, -0.1) is 0 Å². The highest BCUT2D eigenvalue weighted by Crippen LogP contribution is 2.21. The van der Waals surface area contributed by atoms with Crippen LogP contribution in [0.5, 0.6) is 5.88 Å². The minimum Gasteiger partial charge on any atom is -0.473 e. The average Bonchev–Trinajstić information content (AvgIpc) is 2.25. The molecule has 0 unspecified atom stereocenters. The average molecular weight is 193 g/mol. The molecule has 0 bridgehead atoms. The van der Waals surface area contributed by atoms with Crippen LogP contribution in [0, 0.1) is 0 Å². The van der Waals surface area contributed by atoms with Gasteiger partial charge in [0.25, 0.3) is 0 Å². The van der Waals surface area contributed by atoms with Gasteiger partial charge < -0.3 is 10.1 Å². The Morgan fingerprint density at radius 1 is 1.57 bits per heavy atom. The minimum absolute atomic E-state index is 0.465. The molecule has 0 spiro atoms. The second-order valence-electron chi connectivity index (χ2n) is 2.71. The zero-order valence-electron chi connectivity index (χ0n) is 8.58. The van der Waals surface area contributed by atoms with Crippen molar-refractivity contribution >= 4 is 5.82 Å². The van der Waals surface area contributed by atoms with E-state index in [-0.39, 0.29) is 0 Å². The van der Waals surface area contributed by atoms with Crippen molar-refractivity contribution in [1.82, 2.24) is 9.97 Å². The van der Waals surface area contributed by atoms with E-state index < -0.39 is 0 Å². The third-order valence-electron chi connectivity index (χ3n) is 1.83. The van der Waals surface area contributed by atoms with Crippen molar-refractivity contribution in [3.63, 3.8) is 0 Å². The highest BCUT2D eigenvalue weighted by atomic mass is 16.5. The lowest BCUT2D eigenvalue weighted by molar-refractivity contribution is 0.344. The van der Waals surface area contributed by atoms with Gasteiger partial charge >= 0.3 is 0 Å². The Labute approximate surface area is 84.0 Å². The SMILES string of the molecule is C=CCOc1ncnc(NC)c1CC. The normalized spacial score (nSPS) is 9.57. The van der Waals surface area contributed by atoms with Crippen LogP contribution in [0.15, 0.2) is 19.0 Å². The van der Waals surface area contributed by atoms with Gasteiger partial charge in [-0.3, -0.25) is 0 Å². The van der Waals surface area contributed by atoms with E-state index in [4.69, 9.17) is 4.74 Å². The van der Waals surface area contributed by atoms with Crippen LogP contribution in [0.3, 0.4) is 0 Å². The van der Waals surface area contributed by atoms with Gasteiger partial charge in [0, 0.05) is 7.05 Å². The largest absolute Gasteiger partial charge is 0.473 e. The van der Waals surface area contributed by atoms with Crippen LogP contribution >= 0.6 is 0 Å². The summed E-state index contributed by atoms with van der Waals surface area (Å²) in [4.78, 5) is 8.18. The summed E-state index contributed by atoms with van der Waals surface area (Å²) >= 11 is 0. The first kappa shape index (κ1) is 10.5. The number of nitrogens with zero attached hydrogens (tertiary/aromatic N) is 2. The maximum absolute atomic E-state index is 5.41. The van der Waals surface area contributed by atoms with Crippen LogP contribution in [-0.2, 0) is 6.42 Å². The zero-order valence-corrected chi connectivity index (χ0v) is 8.58. The molecule has 0 aliphatic carbocycles. The lowest BCUT2D eigenvalue weighted by atomic mass is 10.2. The van der Waals surface area contributed by atoms with Crippen molar-refractivity contribution in [2.24, 2.45) is 0 Å². The molecule has 76 valence electrons. The monoisotopic (exact) mass is 193 g/mol. The molecule has 0 atom stereocenters. The maximum Gasteiger partial charge on any atom is 0.222 e. The Kier molecular flexibility index (Phi) is 3.91. The van der Waals surface area contributed by atoms with E-state index in [2.05, 4.69) is 21.9 Å². The predicted molar refractivity (Wildman–Crippen MR) is 56.6 cm³/mol. The van der Waals surface area contributed by atoms with E-state index in [1.807, 2.05) is 14.0 Å². The molecular formula is C10H15N3O. The number of rotatable bonds is 5. The zero-order chi connectivity index (χ0) is 10.4. The first-order valence-electron chi connectivity index (χ1n) is 4.58. The summed E-state index contributed by atoms with van der Waals surface area (Å²) in [6.45, 7) is 6.10. The molecule has 1 aromatic heterocycles. The topological polar surface area (TPSA) is 47.0 Å². The van der Waals surface area contributed by atoms with Gasteiger partial charge in [-0.05, 0) is 6.42 Å². The predicted octanol–water partition coefficient (Wildman–Crippen LogP) is 1.65. The summed E-state index contributed by atoms with van der Waals surface area (Å²) < 4.78 is 5.41. The van der Waals surface area contributed by atoms with Crippen molar-refractivity contribution in [2.45, 2.75) is 13.3 Å². The molecule has 1 aromatic rings. The van der Waals surface area contributed by atoms with Gasteiger partial charge in [-0.25, -0.2) is 9.97 Å². The van der Waals surface area contributed by atoms with Gasteiger partial charge in [-0.1, -0.05) is 19.6 Å². The Morgan fingerprint density at radius 2 is 2.36 bits per heavy atom. The molecule has 0 fully saturated rings. The molecule has 4 heteroatoms. The second-order valence-corrected chi connectivity index (χ2v) is 2.71. The van der Waals surface area contributed by atoms with E-state index in [0.717, 1.165) is 17.8 Å². The van der Waals surface area contributed by atoms with Crippen LogP contribution in [-0.4, -0.2) is 23.6 Å². The molecule has 0 aromatic carbocycles. The maximum atomic E-state index is 5.41. The van der Waals surface area contributed by atoms with Crippen LogP contribution in [0.1, 0.15) is 12.5 Å². The molecule has 1 rings (SSSR count). The minimum atomic E-state index is 0.465. The molecule has 1 N–H and O–H groups in total. The smallest absolute Gasteiger partial charge is 0.222 e. The quantitative estimate of drug-likeness (QED) is 0.722. The molecule has 0 saturated heterocycles. The number of hydrogen-bond donors (Lipinski definition) is 1. The fourth-order valence-corrected chi connectivity index (χ4v) is 1.19.